The molecule has 0 saturated carbocycles. The number of nitrogens with one attached hydrogen (secondary N) is 1. The van der Waals surface area contributed by atoms with Crippen LogP contribution in [-0.2, 0) is 7.05 Å². The summed E-state index contributed by atoms with van der Waals surface area (Å²) in [6.45, 7) is 3.38. The Bertz CT molecular complexity index is 801. The van der Waals surface area contributed by atoms with Crippen LogP contribution in [0, 0.1) is 5.82 Å². The second-order valence-electron chi connectivity index (χ2n) is 6.12. The van der Waals surface area contributed by atoms with Gasteiger partial charge in [-0.25, -0.2) is 13.9 Å². The minimum absolute atomic E-state index is 0.233. The van der Waals surface area contributed by atoms with E-state index in [4.69, 9.17) is 0 Å². The fourth-order valence-electron chi connectivity index (χ4n) is 2.86. The van der Waals surface area contributed by atoms with Crippen LogP contribution in [0.4, 0.5) is 9.18 Å². The topological polar surface area (TPSA) is 96.2 Å². The van der Waals surface area contributed by atoms with Crippen molar-refractivity contribution in [1.82, 2.24) is 35.3 Å². The van der Waals surface area contributed by atoms with Crippen molar-refractivity contribution in [3.05, 3.63) is 41.5 Å². The van der Waals surface area contributed by atoms with Crippen molar-refractivity contribution < 1.29 is 14.0 Å². The van der Waals surface area contributed by atoms with Crippen molar-refractivity contribution in [2.24, 2.45) is 7.05 Å². The summed E-state index contributed by atoms with van der Waals surface area (Å²) >= 11 is 0. The Balaban J connectivity index is 1.54. The highest BCUT2D eigenvalue weighted by atomic mass is 19.1. The number of halogens is 1. The minimum atomic E-state index is -0.443. The second kappa shape index (κ2) is 7.46. The Hall–Kier alpha value is -3.04. The number of carbonyl (C=O) groups is 2. The fourth-order valence-corrected chi connectivity index (χ4v) is 2.86. The number of hydrogen-bond donors (Lipinski definition) is 1. The van der Waals surface area contributed by atoms with Gasteiger partial charge in [0.15, 0.2) is 5.82 Å². The molecule has 0 radical (unpaired) electrons. The minimum Gasteiger partial charge on any atom is -0.335 e. The van der Waals surface area contributed by atoms with Crippen molar-refractivity contribution in [2.45, 2.75) is 13.0 Å². The van der Waals surface area contributed by atoms with Crippen LogP contribution in [0.2, 0.25) is 0 Å². The van der Waals surface area contributed by atoms with Crippen molar-refractivity contribution >= 4 is 11.9 Å². The SMILES string of the molecule is CC(NC(=O)N1CCN(C(=O)c2cccc(F)c2)CC1)c1nnnn1C. The molecule has 1 saturated heterocycles. The van der Waals surface area contributed by atoms with E-state index in [1.165, 1.54) is 22.9 Å². The lowest BCUT2D eigenvalue weighted by Gasteiger charge is -2.35. The van der Waals surface area contributed by atoms with Crippen LogP contribution in [0.3, 0.4) is 0 Å². The van der Waals surface area contributed by atoms with Gasteiger partial charge in [-0.1, -0.05) is 6.07 Å². The van der Waals surface area contributed by atoms with E-state index in [0.717, 1.165) is 0 Å². The van der Waals surface area contributed by atoms with E-state index < -0.39 is 5.82 Å². The Labute approximate surface area is 149 Å². The molecule has 1 aliphatic rings. The monoisotopic (exact) mass is 361 g/mol. The Morgan fingerprint density at radius 1 is 1.19 bits per heavy atom. The molecule has 2 aromatic rings. The predicted octanol–water partition coefficient (Wildman–Crippen LogP) is 0.578. The van der Waals surface area contributed by atoms with E-state index in [2.05, 4.69) is 20.8 Å². The van der Waals surface area contributed by atoms with Crippen LogP contribution >= 0.6 is 0 Å². The summed E-state index contributed by atoms with van der Waals surface area (Å²) in [5.74, 6) is -0.123. The van der Waals surface area contributed by atoms with E-state index in [-0.39, 0.29) is 18.0 Å². The normalized spacial score (nSPS) is 15.7. The summed E-state index contributed by atoms with van der Waals surface area (Å²) in [5, 5.41) is 14.0. The number of hydrogen-bond acceptors (Lipinski definition) is 5. The van der Waals surface area contributed by atoms with E-state index >= 15 is 0 Å². The summed E-state index contributed by atoms with van der Waals surface area (Å²) in [4.78, 5) is 28.1. The summed E-state index contributed by atoms with van der Waals surface area (Å²) in [6.07, 6.45) is 0. The number of amides is 3. The molecule has 0 aliphatic carbocycles. The summed E-state index contributed by atoms with van der Waals surface area (Å²) in [5.41, 5.74) is 0.311. The maximum Gasteiger partial charge on any atom is 0.318 e. The molecule has 3 amide bonds. The average Bonchev–Trinajstić information content (AvgIpc) is 3.07. The van der Waals surface area contributed by atoms with Gasteiger partial charge in [-0.15, -0.1) is 5.10 Å². The highest BCUT2D eigenvalue weighted by Crippen LogP contribution is 2.12. The first kappa shape index (κ1) is 17.8. The molecule has 1 aromatic carbocycles. The van der Waals surface area contributed by atoms with Crippen molar-refractivity contribution in [3.8, 4) is 0 Å². The lowest BCUT2D eigenvalue weighted by Crippen LogP contribution is -2.53. The molecule has 1 unspecified atom stereocenters. The fraction of sp³-hybridized carbons (Fsp3) is 0.438. The van der Waals surface area contributed by atoms with Crippen LogP contribution in [0.5, 0.6) is 0 Å². The molecule has 1 aromatic heterocycles. The van der Waals surface area contributed by atoms with Gasteiger partial charge in [-0.3, -0.25) is 4.79 Å². The number of nitrogens with zero attached hydrogens (tertiary/aromatic N) is 6. The lowest BCUT2D eigenvalue weighted by atomic mass is 10.2. The van der Waals surface area contributed by atoms with Crippen molar-refractivity contribution in [2.75, 3.05) is 26.2 Å². The molecular formula is C16H20FN7O2. The molecule has 1 N–H and O–H groups in total. The molecule has 3 rings (SSSR count). The van der Waals surface area contributed by atoms with Gasteiger partial charge in [0.25, 0.3) is 5.91 Å². The summed E-state index contributed by atoms with van der Waals surface area (Å²) in [6, 6.07) is 5.04. The number of tetrazole rings is 1. The molecule has 9 nitrogen and oxygen atoms in total. The number of benzene rings is 1. The van der Waals surface area contributed by atoms with Crippen LogP contribution < -0.4 is 5.32 Å². The number of piperazine rings is 1. The summed E-state index contributed by atoms with van der Waals surface area (Å²) in [7, 11) is 1.70. The van der Waals surface area contributed by atoms with Crippen LogP contribution in [0.15, 0.2) is 24.3 Å². The molecule has 1 aliphatic heterocycles. The third kappa shape index (κ3) is 3.79. The molecule has 0 bridgehead atoms. The number of carbonyl (C=O) groups excluding carboxylic acids is 2. The quantitative estimate of drug-likeness (QED) is 0.863. The third-order valence-corrected chi connectivity index (χ3v) is 4.31. The Morgan fingerprint density at radius 2 is 1.88 bits per heavy atom. The summed E-state index contributed by atoms with van der Waals surface area (Å²) < 4.78 is 14.8. The first-order valence-corrected chi connectivity index (χ1v) is 8.28. The molecule has 1 fully saturated rings. The van der Waals surface area contributed by atoms with Crippen LogP contribution in [0.25, 0.3) is 0 Å². The largest absolute Gasteiger partial charge is 0.335 e. The lowest BCUT2D eigenvalue weighted by molar-refractivity contribution is 0.0663. The maximum atomic E-state index is 13.3. The van der Waals surface area contributed by atoms with Gasteiger partial charge in [-0.2, -0.15) is 0 Å². The van der Waals surface area contributed by atoms with Gasteiger partial charge in [0.05, 0.1) is 6.04 Å². The molecule has 0 spiro atoms. The number of urea groups is 1. The first-order valence-electron chi connectivity index (χ1n) is 8.28. The third-order valence-electron chi connectivity index (χ3n) is 4.31. The zero-order valence-electron chi connectivity index (χ0n) is 14.6. The highest BCUT2D eigenvalue weighted by Gasteiger charge is 2.26. The van der Waals surface area contributed by atoms with Crippen LogP contribution in [-0.4, -0.2) is 68.1 Å². The van der Waals surface area contributed by atoms with E-state index in [0.29, 0.717) is 37.6 Å². The molecule has 10 heteroatoms. The van der Waals surface area contributed by atoms with E-state index in [1.807, 2.05) is 0 Å². The first-order chi connectivity index (χ1) is 12.5. The van der Waals surface area contributed by atoms with Crippen LogP contribution in [0.1, 0.15) is 29.1 Å². The van der Waals surface area contributed by atoms with Gasteiger partial charge in [0.2, 0.25) is 0 Å². The molecule has 2 heterocycles. The Kier molecular flexibility index (Phi) is 5.10. The zero-order valence-corrected chi connectivity index (χ0v) is 14.6. The standard InChI is InChI=1S/C16H20FN7O2/c1-11(14-19-20-21-22(14)2)18-16(26)24-8-6-23(7-9-24)15(25)12-4-3-5-13(17)10-12/h3-5,10-11H,6-9H2,1-2H3,(H,18,26). The van der Waals surface area contributed by atoms with Crippen molar-refractivity contribution in [1.29, 1.82) is 0 Å². The number of aryl methyl sites for hydroxylation is 1. The Morgan fingerprint density at radius 3 is 2.50 bits per heavy atom. The molecule has 138 valence electrons. The zero-order chi connectivity index (χ0) is 18.7. The van der Waals surface area contributed by atoms with Gasteiger partial charge >= 0.3 is 6.03 Å². The molecule has 26 heavy (non-hydrogen) atoms. The highest BCUT2D eigenvalue weighted by molar-refractivity contribution is 5.94. The van der Waals surface area contributed by atoms with Gasteiger partial charge in [0.1, 0.15) is 5.82 Å². The van der Waals surface area contributed by atoms with Gasteiger partial charge < -0.3 is 15.1 Å². The average molecular weight is 361 g/mol. The maximum absolute atomic E-state index is 13.3. The van der Waals surface area contributed by atoms with Gasteiger partial charge in [-0.05, 0) is 35.5 Å². The molecule has 1 atom stereocenters. The smallest absolute Gasteiger partial charge is 0.318 e. The van der Waals surface area contributed by atoms with Gasteiger partial charge in [0, 0.05) is 38.8 Å². The number of aromatic nitrogens is 4. The number of rotatable bonds is 3. The van der Waals surface area contributed by atoms with E-state index in [9.17, 15) is 14.0 Å². The van der Waals surface area contributed by atoms with Crippen molar-refractivity contribution in [3.63, 3.8) is 0 Å². The predicted molar refractivity (Wildman–Crippen MR) is 89.6 cm³/mol. The second-order valence-corrected chi connectivity index (χ2v) is 6.12. The molecular weight excluding hydrogens is 341 g/mol. The van der Waals surface area contributed by atoms with E-state index in [1.54, 1.807) is 29.8 Å².